The second kappa shape index (κ2) is 6.85. The van der Waals surface area contributed by atoms with Crippen molar-refractivity contribution in [3.05, 3.63) is 34.9 Å². The van der Waals surface area contributed by atoms with Crippen molar-refractivity contribution in [3.63, 3.8) is 0 Å². The van der Waals surface area contributed by atoms with Gasteiger partial charge in [0, 0.05) is 31.5 Å². The van der Waals surface area contributed by atoms with E-state index in [1.807, 2.05) is 32.0 Å². The van der Waals surface area contributed by atoms with Crippen molar-refractivity contribution in [3.8, 4) is 0 Å². The lowest BCUT2D eigenvalue weighted by atomic mass is 9.99. The van der Waals surface area contributed by atoms with E-state index in [9.17, 15) is 14.7 Å². The van der Waals surface area contributed by atoms with Gasteiger partial charge in [-0.15, -0.1) is 0 Å². The summed E-state index contributed by atoms with van der Waals surface area (Å²) in [5.74, 6) is 0.0437. The molecule has 1 saturated heterocycles. The zero-order chi connectivity index (χ0) is 15.4. The molecular formula is C17H23NO3. The summed E-state index contributed by atoms with van der Waals surface area (Å²) in [5.41, 5.74) is 2.73. The summed E-state index contributed by atoms with van der Waals surface area (Å²) in [7, 11) is 0. The van der Waals surface area contributed by atoms with Gasteiger partial charge >= 0.3 is 0 Å². The third-order valence-electron chi connectivity index (χ3n) is 4.08. The van der Waals surface area contributed by atoms with Gasteiger partial charge in [-0.1, -0.05) is 17.7 Å². The first-order valence-corrected chi connectivity index (χ1v) is 7.53. The second-order valence-corrected chi connectivity index (χ2v) is 5.85. The maximum Gasteiger partial charge on any atom is 0.223 e. The largest absolute Gasteiger partial charge is 0.393 e. The number of aryl methyl sites for hydroxylation is 2. The molecule has 1 heterocycles. The molecule has 21 heavy (non-hydrogen) atoms. The van der Waals surface area contributed by atoms with Gasteiger partial charge in [0.15, 0.2) is 5.78 Å². The first-order valence-electron chi connectivity index (χ1n) is 7.53. The summed E-state index contributed by atoms with van der Waals surface area (Å²) >= 11 is 0. The molecule has 0 spiro atoms. The normalized spacial score (nSPS) is 16.0. The van der Waals surface area contributed by atoms with Crippen molar-refractivity contribution in [2.75, 3.05) is 13.1 Å². The predicted molar refractivity (Wildman–Crippen MR) is 81.3 cm³/mol. The molecule has 1 fully saturated rings. The highest BCUT2D eigenvalue weighted by Crippen LogP contribution is 2.16. The lowest BCUT2D eigenvalue weighted by Gasteiger charge is -2.29. The van der Waals surface area contributed by atoms with E-state index in [0.29, 0.717) is 25.9 Å². The maximum absolute atomic E-state index is 12.2. The van der Waals surface area contributed by atoms with Crippen LogP contribution < -0.4 is 0 Å². The van der Waals surface area contributed by atoms with Crippen molar-refractivity contribution in [2.24, 2.45) is 0 Å². The standard InChI is InChI=1S/C17H23NO3/c1-12-3-4-13(2)15(11-12)16(20)5-6-17(21)18-9-7-14(19)8-10-18/h3-4,11,14,19H,5-10H2,1-2H3. The maximum atomic E-state index is 12.2. The number of nitrogens with zero attached hydrogens (tertiary/aromatic N) is 1. The molecule has 114 valence electrons. The van der Waals surface area contributed by atoms with E-state index < -0.39 is 0 Å². The third-order valence-corrected chi connectivity index (χ3v) is 4.08. The number of hydrogen-bond donors (Lipinski definition) is 1. The highest BCUT2D eigenvalue weighted by Gasteiger charge is 2.22. The molecule has 0 unspecified atom stereocenters. The number of carbonyl (C=O) groups is 2. The summed E-state index contributed by atoms with van der Waals surface area (Å²) in [4.78, 5) is 26.1. The van der Waals surface area contributed by atoms with Gasteiger partial charge < -0.3 is 10.0 Å². The third kappa shape index (κ3) is 4.14. The molecule has 0 radical (unpaired) electrons. The fourth-order valence-corrected chi connectivity index (χ4v) is 2.66. The van der Waals surface area contributed by atoms with Crippen molar-refractivity contribution in [1.82, 2.24) is 4.90 Å². The minimum absolute atomic E-state index is 0.0144. The van der Waals surface area contributed by atoms with Crippen molar-refractivity contribution < 1.29 is 14.7 Å². The molecule has 0 saturated carbocycles. The highest BCUT2D eigenvalue weighted by molar-refractivity contribution is 5.99. The summed E-state index contributed by atoms with van der Waals surface area (Å²) in [6.45, 7) is 5.07. The Morgan fingerprint density at radius 3 is 2.52 bits per heavy atom. The van der Waals surface area contributed by atoms with Crippen LogP contribution in [0.4, 0.5) is 0 Å². The topological polar surface area (TPSA) is 57.6 Å². The smallest absolute Gasteiger partial charge is 0.223 e. The minimum Gasteiger partial charge on any atom is -0.393 e. The predicted octanol–water partition coefficient (Wildman–Crippen LogP) is 2.25. The molecular weight excluding hydrogens is 266 g/mol. The Balaban J connectivity index is 1.89. The van der Waals surface area contributed by atoms with Crippen LogP contribution >= 0.6 is 0 Å². The molecule has 2 rings (SSSR count). The molecule has 0 bridgehead atoms. The van der Waals surface area contributed by atoms with E-state index in [-0.39, 0.29) is 30.6 Å². The Morgan fingerprint density at radius 2 is 1.86 bits per heavy atom. The van der Waals surface area contributed by atoms with Gasteiger partial charge in [0.1, 0.15) is 0 Å². The van der Waals surface area contributed by atoms with E-state index >= 15 is 0 Å². The highest BCUT2D eigenvalue weighted by atomic mass is 16.3. The Labute approximate surface area is 125 Å². The fraction of sp³-hybridized carbons (Fsp3) is 0.529. The number of aliphatic hydroxyl groups excluding tert-OH is 1. The molecule has 4 heteroatoms. The number of amides is 1. The Kier molecular flexibility index (Phi) is 5.12. The zero-order valence-electron chi connectivity index (χ0n) is 12.8. The first kappa shape index (κ1) is 15.7. The van der Waals surface area contributed by atoms with Gasteiger partial charge in [-0.2, -0.15) is 0 Å². The van der Waals surface area contributed by atoms with Crippen LogP contribution in [0.5, 0.6) is 0 Å². The Morgan fingerprint density at radius 1 is 1.19 bits per heavy atom. The fourth-order valence-electron chi connectivity index (χ4n) is 2.66. The van der Waals surface area contributed by atoms with Gasteiger partial charge in [0.25, 0.3) is 0 Å². The Hall–Kier alpha value is -1.68. The van der Waals surface area contributed by atoms with Gasteiger partial charge in [-0.3, -0.25) is 9.59 Å². The SMILES string of the molecule is Cc1ccc(C)c(C(=O)CCC(=O)N2CCC(O)CC2)c1. The van der Waals surface area contributed by atoms with Crippen molar-refractivity contribution in [2.45, 2.75) is 45.6 Å². The molecule has 0 aliphatic carbocycles. The van der Waals surface area contributed by atoms with E-state index in [2.05, 4.69) is 0 Å². The van der Waals surface area contributed by atoms with Crippen LogP contribution in [-0.2, 0) is 4.79 Å². The lowest BCUT2D eigenvalue weighted by molar-refractivity contribution is -0.133. The van der Waals surface area contributed by atoms with Crippen LogP contribution in [0.15, 0.2) is 18.2 Å². The lowest BCUT2D eigenvalue weighted by Crippen LogP contribution is -2.40. The summed E-state index contributed by atoms with van der Waals surface area (Å²) in [5, 5.41) is 9.44. The second-order valence-electron chi connectivity index (χ2n) is 5.85. The van der Waals surface area contributed by atoms with E-state index in [1.54, 1.807) is 4.90 Å². The van der Waals surface area contributed by atoms with Gasteiger partial charge in [0.05, 0.1) is 6.10 Å². The van der Waals surface area contributed by atoms with Gasteiger partial charge in [-0.05, 0) is 38.3 Å². The molecule has 0 aromatic heterocycles. The van der Waals surface area contributed by atoms with Crippen molar-refractivity contribution >= 4 is 11.7 Å². The number of benzene rings is 1. The number of rotatable bonds is 4. The molecule has 1 aliphatic heterocycles. The quantitative estimate of drug-likeness (QED) is 0.865. The number of hydrogen-bond acceptors (Lipinski definition) is 3. The monoisotopic (exact) mass is 289 g/mol. The van der Waals surface area contributed by atoms with Crippen LogP contribution in [0.2, 0.25) is 0 Å². The average molecular weight is 289 g/mol. The summed E-state index contributed by atoms with van der Waals surface area (Å²) in [6, 6.07) is 5.81. The molecule has 1 aromatic carbocycles. The molecule has 0 atom stereocenters. The number of ketones is 1. The van der Waals surface area contributed by atoms with Crippen LogP contribution in [0.3, 0.4) is 0 Å². The van der Waals surface area contributed by atoms with E-state index in [4.69, 9.17) is 0 Å². The van der Waals surface area contributed by atoms with Gasteiger partial charge in [-0.25, -0.2) is 0 Å². The number of carbonyl (C=O) groups excluding carboxylic acids is 2. The Bertz CT molecular complexity index is 531. The number of Topliss-reactive ketones (excluding diaryl/α,β-unsaturated/α-hetero) is 1. The number of piperidine rings is 1. The first-order chi connectivity index (χ1) is 9.97. The van der Waals surface area contributed by atoms with Crippen molar-refractivity contribution in [1.29, 1.82) is 0 Å². The molecule has 1 aromatic rings. The molecule has 1 N–H and O–H groups in total. The number of likely N-dealkylation sites (tertiary alicyclic amines) is 1. The van der Waals surface area contributed by atoms with Gasteiger partial charge in [0.2, 0.25) is 5.91 Å². The van der Waals surface area contributed by atoms with E-state index in [0.717, 1.165) is 16.7 Å². The molecule has 4 nitrogen and oxygen atoms in total. The molecule has 1 aliphatic rings. The summed E-state index contributed by atoms with van der Waals surface area (Å²) < 4.78 is 0. The summed E-state index contributed by atoms with van der Waals surface area (Å²) in [6.07, 6.45) is 1.49. The minimum atomic E-state index is -0.286. The van der Waals surface area contributed by atoms with Crippen LogP contribution in [0.1, 0.15) is 47.2 Å². The molecule has 1 amide bonds. The van der Waals surface area contributed by atoms with E-state index in [1.165, 1.54) is 0 Å². The zero-order valence-corrected chi connectivity index (χ0v) is 12.8. The average Bonchev–Trinajstić information content (AvgIpc) is 2.47. The number of aliphatic hydroxyl groups is 1. The van der Waals surface area contributed by atoms with Crippen LogP contribution in [-0.4, -0.2) is 40.9 Å². The van der Waals surface area contributed by atoms with Crippen LogP contribution in [0.25, 0.3) is 0 Å². The van der Waals surface area contributed by atoms with Crippen LogP contribution in [0, 0.1) is 13.8 Å².